The number of benzene rings is 1. The molecule has 120 valence electrons. The highest BCUT2D eigenvalue weighted by molar-refractivity contribution is 7.99. The van der Waals surface area contributed by atoms with Crippen molar-refractivity contribution < 1.29 is 19.1 Å². The maximum Gasteiger partial charge on any atom is 0.321 e. The van der Waals surface area contributed by atoms with Gasteiger partial charge in [0.1, 0.15) is 5.03 Å². The van der Waals surface area contributed by atoms with Crippen LogP contribution in [0.25, 0.3) is 11.0 Å². The van der Waals surface area contributed by atoms with E-state index in [1.54, 1.807) is 6.20 Å². The number of para-hydroxylation sites is 2. The van der Waals surface area contributed by atoms with E-state index in [2.05, 4.69) is 15.3 Å². The molecule has 1 aromatic carbocycles. The molecule has 0 spiro atoms. The summed E-state index contributed by atoms with van der Waals surface area (Å²) in [5.41, 5.74) is 1.50. The van der Waals surface area contributed by atoms with Crippen molar-refractivity contribution in [3.8, 4) is 0 Å². The van der Waals surface area contributed by atoms with Gasteiger partial charge in [-0.25, -0.2) is 9.78 Å². The van der Waals surface area contributed by atoms with Crippen LogP contribution in [0.4, 0.5) is 4.79 Å². The number of nitrogens with zero attached hydrogens (tertiary/aromatic N) is 2. The third-order valence-corrected chi connectivity index (χ3v) is 3.48. The number of carbonyl (C=O) groups is 3. The van der Waals surface area contributed by atoms with Crippen LogP contribution in [-0.2, 0) is 14.3 Å². The minimum atomic E-state index is -0.701. The van der Waals surface area contributed by atoms with Crippen LogP contribution >= 0.6 is 11.8 Å². The summed E-state index contributed by atoms with van der Waals surface area (Å²) in [6.45, 7) is -0.518. The molecule has 9 heteroatoms. The van der Waals surface area contributed by atoms with Crippen LogP contribution in [0.3, 0.4) is 0 Å². The predicted molar refractivity (Wildman–Crippen MR) is 83.8 cm³/mol. The Bertz CT molecular complexity index is 738. The van der Waals surface area contributed by atoms with Gasteiger partial charge in [-0.2, -0.15) is 0 Å². The van der Waals surface area contributed by atoms with Gasteiger partial charge in [0.05, 0.1) is 23.0 Å². The minimum Gasteiger partial charge on any atom is -0.455 e. The van der Waals surface area contributed by atoms with Gasteiger partial charge in [-0.3, -0.25) is 19.9 Å². The van der Waals surface area contributed by atoms with E-state index < -0.39 is 24.5 Å². The molecular formula is C14H14N4O4S. The lowest BCUT2D eigenvalue weighted by Gasteiger charge is -2.05. The number of fused-ring (bicyclic) bond motifs is 1. The van der Waals surface area contributed by atoms with E-state index in [1.165, 1.54) is 7.05 Å². The highest BCUT2D eigenvalue weighted by atomic mass is 32.2. The molecule has 2 aromatic rings. The summed E-state index contributed by atoms with van der Waals surface area (Å²) in [5, 5.41) is 4.78. The second-order valence-corrected chi connectivity index (χ2v) is 5.27. The van der Waals surface area contributed by atoms with Crippen molar-refractivity contribution in [2.45, 2.75) is 5.03 Å². The molecule has 2 N–H and O–H groups in total. The van der Waals surface area contributed by atoms with Crippen LogP contribution in [0, 0.1) is 0 Å². The van der Waals surface area contributed by atoms with Crippen molar-refractivity contribution in [3.63, 3.8) is 0 Å². The smallest absolute Gasteiger partial charge is 0.321 e. The van der Waals surface area contributed by atoms with Crippen LogP contribution in [0.15, 0.2) is 35.5 Å². The SMILES string of the molecule is CNC(=O)NC(=O)COC(=O)CSc1cnc2ccccc2n1. The third kappa shape index (κ3) is 5.22. The van der Waals surface area contributed by atoms with Gasteiger partial charge >= 0.3 is 12.0 Å². The van der Waals surface area contributed by atoms with E-state index in [4.69, 9.17) is 4.74 Å². The number of rotatable bonds is 5. The molecule has 3 amide bonds. The second kappa shape index (κ2) is 8.08. The number of aromatic nitrogens is 2. The fourth-order valence-electron chi connectivity index (χ4n) is 1.56. The standard InChI is InChI=1S/C14H14N4O4S/c1-15-14(21)18-11(19)7-22-13(20)8-23-12-6-16-9-4-2-3-5-10(9)17-12/h2-6H,7-8H2,1H3,(H2,15,18,19,21). The summed E-state index contributed by atoms with van der Waals surface area (Å²) in [7, 11) is 1.37. The Hall–Kier alpha value is -2.68. The molecule has 0 atom stereocenters. The van der Waals surface area contributed by atoms with Gasteiger partial charge < -0.3 is 10.1 Å². The minimum absolute atomic E-state index is 0.0136. The molecule has 0 saturated heterocycles. The van der Waals surface area contributed by atoms with Crippen LogP contribution in [-0.4, -0.2) is 47.3 Å². The molecule has 0 aliphatic rings. The van der Waals surface area contributed by atoms with Crippen molar-refractivity contribution in [1.82, 2.24) is 20.6 Å². The first-order chi connectivity index (χ1) is 11.1. The second-order valence-electron chi connectivity index (χ2n) is 4.27. The Labute approximate surface area is 136 Å². The number of hydrogen-bond donors (Lipinski definition) is 2. The molecule has 2 rings (SSSR count). The summed E-state index contributed by atoms with van der Waals surface area (Å²) in [5.74, 6) is -1.30. The van der Waals surface area contributed by atoms with Crippen molar-refractivity contribution in [2.24, 2.45) is 0 Å². The zero-order valence-corrected chi connectivity index (χ0v) is 13.1. The van der Waals surface area contributed by atoms with Crippen molar-refractivity contribution in [2.75, 3.05) is 19.4 Å². The number of thioether (sulfide) groups is 1. The molecule has 23 heavy (non-hydrogen) atoms. The average Bonchev–Trinajstić information content (AvgIpc) is 2.57. The molecule has 1 heterocycles. The molecule has 0 aliphatic carbocycles. The van der Waals surface area contributed by atoms with Gasteiger partial charge in [0.25, 0.3) is 5.91 Å². The lowest BCUT2D eigenvalue weighted by atomic mass is 10.3. The fraction of sp³-hybridized carbons (Fsp3) is 0.214. The van der Waals surface area contributed by atoms with Gasteiger partial charge in [-0.15, -0.1) is 0 Å². The van der Waals surface area contributed by atoms with Crippen LogP contribution in [0.1, 0.15) is 0 Å². The molecule has 8 nitrogen and oxygen atoms in total. The number of imide groups is 1. The van der Waals surface area contributed by atoms with E-state index in [0.29, 0.717) is 5.03 Å². The van der Waals surface area contributed by atoms with Crippen molar-refractivity contribution in [3.05, 3.63) is 30.5 Å². The highest BCUT2D eigenvalue weighted by Gasteiger charge is 2.11. The number of carbonyl (C=O) groups excluding carboxylic acids is 3. The molecule has 0 fully saturated rings. The van der Waals surface area contributed by atoms with Crippen LogP contribution in [0.5, 0.6) is 0 Å². The lowest BCUT2D eigenvalue weighted by molar-refractivity contribution is -0.145. The number of urea groups is 1. The first-order valence-electron chi connectivity index (χ1n) is 6.60. The fourth-order valence-corrected chi connectivity index (χ4v) is 2.19. The average molecular weight is 334 g/mol. The third-order valence-electron chi connectivity index (χ3n) is 2.61. The van der Waals surface area contributed by atoms with Crippen molar-refractivity contribution in [1.29, 1.82) is 0 Å². The number of nitrogens with one attached hydrogen (secondary N) is 2. The Balaban J connectivity index is 1.79. The van der Waals surface area contributed by atoms with E-state index in [1.807, 2.05) is 29.6 Å². The summed E-state index contributed by atoms with van der Waals surface area (Å²) in [6.07, 6.45) is 1.57. The normalized spacial score (nSPS) is 10.1. The van der Waals surface area contributed by atoms with Crippen LogP contribution < -0.4 is 10.6 Å². The van der Waals surface area contributed by atoms with Gasteiger partial charge in [0, 0.05) is 7.05 Å². The van der Waals surface area contributed by atoms with Gasteiger partial charge in [-0.1, -0.05) is 23.9 Å². The Kier molecular flexibility index (Phi) is 5.87. The quantitative estimate of drug-likeness (QED) is 0.612. The number of hydrogen-bond acceptors (Lipinski definition) is 7. The molecule has 0 bridgehead atoms. The van der Waals surface area contributed by atoms with Crippen LogP contribution in [0.2, 0.25) is 0 Å². The first kappa shape index (κ1) is 16.7. The number of ether oxygens (including phenoxy) is 1. The Morgan fingerprint density at radius 2 is 1.96 bits per heavy atom. The summed E-state index contributed by atoms with van der Waals surface area (Å²) < 4.78 is 4.76. The number of amides is 3. The Morgan fingerprint density at radius 1 is 1.22 bits per heavy atom. The zero-order chi connectivity index (χ0) is 16.7. The predicted octanol–water partition coefficient (Wildman–Crippen LogP) is 0.721. The largest absolute Gasteiger partial charge is 0.455 e. The lowest BCUT2D eigenvalue weighted by Crippen LogP contribution is -2.39. The van der Waals surface area contributed by atoms with E-state index >= 15 is 0 Å². The summed E-state index contributed by atoms with van der Waals surface area (Å²) in [4.78, 5) is 42.3. The molecular weight excluding hydrogens is 320 g/mol. The van der Waals surface area contributed by atoms with Gasteiger partial charge in [0.2, 0.25) is 0 Å². The van der Waals surface area contributed by atoms with Crippen molar-refractivity contribution >= 4 is 40.7 Å². The summed E-state index contributed by atoms with van der Waals surface area (Å²) in [6, 6.07) is 6.73. The molecule has 0 radical (unpaired) electrons. The maximum atomic E-state index is 11.6. The topological polar surface area (TPSA) is 110 Å². The molecule has 0 saturated carbocycles. The maximum absolute atomic E-state index is 11.6. The molecule has 0 aliphatic heterocycles. The van der Waals surface area contributed by atoms with E-state index in [-0.39, 0.29) is 5.75 Å². The molecule has 1 aromatic heterocycles. The zero-order valence-electron chi connectivity index (χ0n) is 12.2. The highest BCUT2D eigenvalue weighted by Crippen LogP contribution is 2.17. The van der Waals surface area contributed by atoms with E-state index in [9.17, 15) is 14.4 Å². The number of esters is 1. The first-order valence-corrected chi connectivity index (χ1v) is 7.59. The monoisotopic (exact) mass is 334 g/mol. The van der Waals surface area contributed by atoms with Gasteiger partial charge in [-0.05, 0) is 12.1 Å². The van der Waals surface area contributed by atoms with E-state index in [0.717, 1.165) is 22.8 Å². The molecule has 0 unspecified atom stereocenters. The Morgan fingerprint density at radius 3 is 2.70 bits per heavy atom. The van der Waals surface area contributed by atoms with Gasteiger partial charge in [0.15, 0.2) is 6.61 Å². The summed E-state index contributed by atoms with van der Waals surface area (Å²) >= 11 is 1.15.